The second-order valence-electron chi connectivity index (χ2n) is 23.7. The van der Waals surface area contributed by atoms with E-state index in [0.717, 1.165) is 69.1 Å². The molecule has 5 aliphatic heterocycles. The highest BCUT2D eigenvalue weighted by Crippen LogP contribution is 2.58. The van der Waals surface area contributed by atoms with Gasteiger partial charge in [0.25, 0.3) is 21.6 Å². The van der Waals surface area contributed by atoms with Crippen LogP contribution < -0.4 is 29.3 Å². The molecule has 3 saturated heterocycles. The van der Waals surface area contributed by atoms with Gasteiger partial charge in [0.1, 0.15) is 24.0 Å². The Morgan fingerprint density at radius 1 is 0.950 bits per heavy atom. The summed E-state index contributed by atoms with van der Waals surface area (Å²) in [5.41, 5.74) is 3.94. The van der Waals surface area contributed by atoms with Crippen LogP contribution in [0.2, 0.25) is 0 Å². The number of sulfonamides is 1. The Kier molecular flexibility index (Phi) is 14.5. The third kappa shape index (κ3) is 10.3. The third-order valence-corrected chi connectivity index (χ3v) is 20.7. The van der Waals surface area contributed by atoms with E-state index in [9.17, 15) is 37.7 Å². The Bertz CT molecular complexity index is 3360. The minimum Gasteiger partial charge on any atom is -0.489 e. The molecule has 1 spiro atoms. The van der Waals surface area contributed by atoms with E-state index in [-0.39, 0.29) is 53.6 Å². The van der Waals surface area contributed by atoms with Crippen LogP contribution in [0.1, 0.15) is 119 Å². The van der Waals surface area contributed by atoms with Crippen molar-refractivity contribution in [2.75, 3.05) is 67.8 Å². The maximum atomic E-state index is 14.9. The summed E-state index contributed by atoms with van der Waals surface area (Å²) in [5, 5.41) is 16.7. The highest BCUT2D eigenvalue weighted by Gasteiger charge is 2.55. The van der Waals surface area contributed by atoms with Gasteiger partial charge in [0.15, 0.2) is 11.4 Å². The van der Waals surface area contributed by atoms with E-state index in [2.05, 4.69) is 74.8 Å². The van der Waals surface area contributed by atoms with Crippen LogP contribution in [0.4, 0.5) is 28.4 Å². The number of aromatic nitrogens is 2. The first kappa shape index (κ1) is 54.7. The molecule has 5 fully saturated rings. The van der Waals surface area contributed by atoms with Crippen molar-refractivity contribution < 1.29 is 56.0 Å². The summed E-state index contributed by atoms with van der Waals surface area (Å²) >= 11 is 0. The van der Waals surface area contributed by atoms with Gasteiger partial charge in [-0.3, -0.25) is 24.3 Å². The lowest BCUT2D eigenvalue weighted by Crippen LogP contribution is -2.62. The minimum absolute atomic E-state index is 0.00374. The first-order chi connectivity index (χ1) is 38.3. The van der Waals surface area contributed by atoms with Crippen molar-refractivity contribution >= 4 is 63.2 Å². The molecule has 2 aromatic heterocycles. The number of benzene rings is 3. The smallest absolute Gasteiger partial charge is 0.470 e. The van der Waals surface area contributed by atoms with Crippen LogP contribution in [-0.2, 0) is 28.6 Å². The molecule has 0 bridgehead atoms. The van der Waals surface area contributed by atoms with Crippen LogP contribution >= 0.6 is 7.82 Å². The predicted octanol–water partition coefficient (Wildman–Crippen LogP) is 9.09. The Hall–Kier alpha value is -5.84. The zero-order chi connectivity index (χ0) is 55.9. The molecule has 23 heteroatoms. The highest BCUT2D eigenvalue weighted by molar-refractivity contribution is 7.90. The minimum atomic E-state index is -4.79. The number of aromatic amines is 1. The largest absolute Gasteiger partial charge is 0.489 e. The van der Waals surface area contributed by atoms with E-state index in [4.69, 9.17) is 28.5 Å². The number of carbonyl (C=O) groups excluding carboxylic acids is 1. The van der Waals surface area contributed by atoms with Crippen molar-refractivity contribution in [1.29, 1.82) is 0 Å². The predicted molar refractivity (Wildman–Crippen MR) is 299 cm³/mol. The number of phosphoric acid groups is 1. The second kappa shape index (κ2) is 21.2. The number of ether oxygens (including phenoxy) is 4. The number of nitro groups is 1. The van der Waals surface area contributed by atoms with Crippen LogP contribution in [0.3, 0.4) is 0 Å². The lowest BCUT2D eigenvalue weighted by molar-refractivity contribution is -0.384. The summed E-state index contributed by atoms with van der Waals surface area (Å²) in [7, 11) is -9.52. The summed E-state index contributed by atoms with van der Waals surface area (Å²) < 4.78 is 72.8. The number of piperidine rings is 1. The van der Waals surface area contributed by atoms with Gasteiger partial charge >= 0.3 is 7.82 Å². The van der Waals surface area contributed by atoms with E-state index >= 15 is 0 Å². The van der Waals surface area contributed by atoms with Crippen molar-refractivity contribution in [3.63, 3.8) is 0 Å². The summed E-state index contributed by atoms with van der Waals surface area (Å²) in [6.07, 6.45) is 7.59. The van der Waals surface area contributed by atoms with Gasteiger partial charge < -0.3 is 48.8 Å². The molecule has 2 aliphatic carbocycles. The molecule has 3 aromatic carbocycles. The van der Waals surface area contributed by atoms with Gasteiger partial charge in [0.2, 0.25) is 5.88 Å². The topological polar surface area (TPSA) is 260 Å². The molecule has 0 unspecified atom stereocenters. The Morgan fingerprint density at radius 3 is 2.48 bits per heavy atom. The quantitative estimate of drug-likeness (QED) is 0.0443. The van der Waals surface area contributed by atoms with E-state index in [1.54, 1.807) is 19.2 Å². The van der Waals surface area contributed by atoms with Crippen molar-refractivity contribution in [2.45, 2.75) is 132 Å². The first-order valence-electron chi connectivity index (χ1n) is 28.2. The first-order valence-corrected chi connectivity index (χ1v) is 31.2. The van der Waals surface area contributed by atoms with E-state index in [0.29, 0.717) is 86.1 Å². The van der Waals surface area contributed by atoms with Gasteiger partial charge in [-0.2, -0.15) is 4.98 Å². The van der Waals surface area contributed by atoms with Crippen molar-refractivity contribution in [2.24, 2.45) is 17.3 Å². The standard InChI is InChI=1S/C57H71N8O13PS/c1-34(2)40-8-5-6-9-41(40)49-32-74-24-7-21-63(49)48-30-57(35(48)3)18-22-62(23-19-57)38-10-11-42(45(27-38)64-44-15-25-75-33-51(44)77-55-47(64)26-37-14-20-58-53(37)60-55)54(66)61-80(72,73)39-28-46(65(67)68)52-50(29-39)76-31-43(59-52)36-12-16-56(4,17-13-36)78-79(69,70)71/h5-6,8-11,14,20,26-29,34-36,43-44,48-49,51,59H,7,12-13,15-19,21-25,30-33H2,1-4H3,(H,58,60)(H,61,66)(H2,69,70,71)/t35-,36?,43-,44-,48-,49-,51-,56?/m0/s1. The SMILES string of the molecule is CC(C)c1ccccc1[C@@H]1COCCCN1[C@H]1CC2(CCN(c3ccc(C(=O)NS(=O)(=O)c4cc5c(c([N+](=O)[O-])c4)N[C@H](C4CCC(C)(OP(=O)(O)O)CC4)CO5)c(N4c5cc6cc[nH]c6nc5O[C@H]5COCC[C@@H]54)c3)CC2)[C@H]1C. The Balaban J connectivity index is 0.823. The maximum absolute atomic E-state index is 14.9. The summed E-state index contributed by atoms with van der Waals surface area (Å²) in [6.45, 7) is 13.4. The zero-order valence-corrected chi connectivity index (χ0v) is 47.3. The third-order valence-electron chi connectivity index (χ3n) is 18.7. The fraction of sp³-hybridized carbons (Fsp3) is 0.544. The van der Waals surface area contributed by atoms with Crippen LogP contribution in [-0.4, -0.2) is 126 Å². The molecular weight excluding hydrogens is 1070 g/mol. The summed E-state index contributed by atoms with van der Waals surface area (Å²) in [6, 6.07) is 20.2. The van der Waals surface area contributed by atoms with Crippen molar-refractivity contribution in [1.82, 2.24) is 19.6 Å². The Labute approximate surface area is 465 Å². The van der Waals surface area contributed by atoms with Crippen molar-refractivity contribution in [3.05, 3.63) is 99.7 Å². The van der Waals surface area contributed by atoms with Gasteiger partial charge in [-0.15, -0.1) is 0 Å². The van der Waals surface area contributed by atoms with Crippen molar-refractivity contribution in [3.8, 4) is 11.6 Å². The van der Waals surface area contributed by atoms with Gasteiger partial charge in [-0.1, -0.05) is 45.0 Å². The van der Waals surface area contributed by atoms with Crippen LogP contribution in [0.25, 0.3) is 11.0 Å². The number of carbonyl (C=O) groups is 1. The van der Waals surface area contributed by atoms with Crippen LogP contribution in [0.15, 0.2) is 77.8 Å². The zero-order valence-electron chi connectivity index (χ0n) is 45.5. The number of pyridine rings is 1. The molecular formula is C57H71N8O13PS. The molecule has 5 aromatic rings. The van der Waals surface area contributed by atoms with Crippen LogP contribution in [0, 0.1) is 27.4 Å². The number of amides is 1. The fourth-order valence-corrected chi connectivity index (χ4v) is 16.0. The maximum Gasteiger partial charge on any atom is 0.470 e. The summed E-state index contributed by atoms with van der Waals surface area (Å²) in [4.78, 5) is 60.5. The van der Waals surface area contributed by atoms with Gasteiger partial charge in [-0.05, 0) is 129 Å². The molecule has 7 heterocycles. The number of H-pyrrole nitrogens is 1. The number of rotatable bonds is 12. The highest BCUT2D eigenvalue weighted by atomic mass is 32.2. The van der Waals surface area contributed by atoms with Gasteiger partial charge in [-0.25, -0.2) is 17.7 Å². The number of nitrogens with zero attached hydrogens (tertiary/aromatic N) is 5. The van der Waals surface area contributed by atoms with Gasteiger partial charge in [0, 0.05) is 68.3 Å². The molecule has 1 amide bonds. The molecule has 80 heavy (non-hydrogen) atoms. The molecule has 21 nitrogen and oxygen atoms in total. The number of nitro benzene ring substituents is 1. The average Bonchev–Trinajstić information content (AvgIpc) is 3.93. The van der Waals surface area contributed by atoms with E-state index in [1.165, 1.54) is 17.2 Å². The van der Waals surface area contributed by atoms with E-state index in [1.807, 2.05) is 24.3 Å². The van der Waals surface area contributed by atoms with E-state index < -0.39 is 57.0 Å². The Morgan fingerprint density at radius 2 is 1.73 bits per heavy atom. The number of nitrogens with one attached hydrogen (secondary N) is 3. The number of hydrogen-bond donors (Lipinski definition) is 5. The number of phosphoric ester groups is 1. The molecule has 2 saturated carbocycles. The molecule has 7 aliphatic rings. The number of anilines is 4. The lowest BCUT2D eigenvalue weighted by Gasteiger charge is -2.61. The fourth-order valence-electron chi connectivity index (χ4n) is 14.2. The number of hydrogen-bond acceptors (Lipinski definition) is 16. The monoisotopic (exact) mass is 1140 g/mol. The average molecular weight is 1140 g/mol. The van der Waals surface area contributed by atoms with Gasteiger partial charge in [0.05, 0.1) is 58.0 Å². The second-order valence-corrected chi connectivity index (χ2v) is 26.5. The van der Waals surface area contributed by atoms with Crippen LogP contribution in [0.5, 0.6) is 11.6 Å². The molecule has 6 atom stereocenters. The summed E-state index contributed by atoms with van der Waals surface area (Å²) in [5.74, 6) is 0.0999. The molecule has 12 rings (SSSR count). The normalized spacial score (nSPS) is 27.9. The molecule has 5 N–H and O–H groups in total. The lowest BCUT2D eigenvalue weighted by atomic mass is 9.53. The number of fused-ring (bicyclic) bond motifs is 4. The molecule has 0 radical (unpaired) electrons. The molecule has 428 valence electrons.